The van der Waals surface area contributed by atoms with Crippen LogP contribution in [0, 0.1) is 0 Å². The van der Waals surface area contributed by atoms with Crippen molar-refractivity contribution in [2.75, 3.05) is 0 Å². The lowest BCUT2D eigenvalue weighted by Gasteiger charge is -2.35. The van der Waals surface area contributed by atoms with E-state index >= 15 is 0 Å². The average Bonchev–Trinajstić information content (AvgIpc) is 2.76. The van der Waals surface area contributed by atoms with Gasteiger partial charge in [0.05, 0.1) is 6.04 Å². The van der Waals surface area contributed by atoms with Crippen molar-refractivity contribution in [3.05, 3.63) is 41.5 Å². The SMILES string of the molecule is CC(C)(C)OC(=O)N1C2C=C(c3cccc(CN)c3)CC1CC2. The number of fused-ring (bicyclic) bond motifs is 2. The molecule has 2 heterocycles. The maximum Gasteiger partial charge on any atom is 0.411 e. The Labute approximate surface area is 138 Å². The lowest BCUT2D eigenvalue weighted by atomic mass is 9.94. The molecule has 4 nitrogen and oxygen atoms in total. The number of nitrogens with zero attached hydrogens (tertiary/aromatic N) is 1. The number of hydrogen-bond donors (Lipinski definition) is 1. The third kappa shape index (κ3) is 3.42. The van der Waals surface area contributed by atoms with Gasteiger partial charge < -0.3 is 10.5 Å². The van der Waals surface area contributed by atoms with Gasteiger partial charge in [0.2, 0.25) is 0 Å². The summed E-state index contributed by atoms with van der Waals surface area (Å²) in [4.78, 5) is 14.4. The Morgan fingerprint density at radius 3 is 2.78 bits per heavy atom. The van der Waals surface area contributed by atoms with Crippen LogP contribution in [0.3, 0.4) is 0 Å². The van der Waals surface area contributed by atoms with Crippen LogP contribution in [0.25, 0.3) is 5.57 Å². The first-order valence-electron chi connectivity index (χ1n) is 8.39. The van der Waals surface area contributed by atoms with E-state index < -0.39 is 5.60 Å². The molecule has 0 spiro atoms. The first-order chi connectivity index (χ1) is 10.9. The average molecular weight is 314 g/mol. The molecule has 2 atom stereocenters. The first kappa shape index (κ1) is 16.1. The van der Waals surface area contributed by atoms with Gasteiger partial charge in [-0.05, 0) is 56.7 Å². The molecule has 0 saturated carbocycles. The van der Waals surface area contributed by atoms with Gasteiger partial charge >= 0.3 is 6.09 Å². The maximum atomic E-state index is 12.5. The Bertz CT molecular complexity index is 631. The van der Waals surface area contributed by atoms with Crippen LogP contribution in [0.15, 0.2) is 30.3 Å². The predicted octanol–water partition coefficient (Wildman–Crippen LogP) is 3.70. The molecule has 1 fully saturated rings. The van der Waals surface area contributed by atoms with E-state index in [1.54, 1.807) is 0 Å². The quantitative estimate of drug-likeness (QED) is 0.905. The number of carbonyl (C=O) groups is 1. The number of hydrogen-bond acceptors (Lipinski definition) is 3. The molecule has 1 aromatic carbocycles. The predicted molar refractivity (Wildman–Crippen MR) is 91.8 cm³/mol. The minimum atomic E-state index is -0.448. The molecule has 1 amide bonds. The largest absolute Gasteiger partial charge is 0.444 e. The zero-order valence-corrected chi connectivity index (χ0v) is 14.2. The highest BCUT2D eigenvalue weighted by Crippen LogP contribution is 2.39. The summed E-state index contributed by atoms with van der Waals surface area (Å²) in [7, 11) is 0. The van der Waals surface area contributed by atoms with E-state index in [-0.39, 0.29) is 18.2 Å². The fraction of sp³-hybridized carbons (Fsp3) is 0.526. The summed E-state index contributed by atoms with van der Waals surface area (Å²) in [5, 5.41) is 0. The Morgan fingerprint density at radius 1 is 1.35 bits per heavy atom. The van der Waals surface area contributed by atoms with Crippen molar-refractivity contribution in [2.45, 2.75) is 64.3 Å². The first-order valence-corrected chi connectivity index (χ1v) is 8.39. The molecule has 2 unspecified atom stereocenters. The van der Waals surface area contributed by atoms with Crippen LogP contribution in [0.5, 0.6) is 0 Å². The summed E-state index contributed by atoms with van der Waals surface area (Å²) in [5.41, 5.74) is 9.00. The molecule has 2 N–H and O–H groups in total. The summed E-state index contributed by atoms with van der Waals surface area (Å²) in [6.45, 7) is 6.29. The highest BCUT2D eigenvalue weighted by molar-refractivity contribution is 5.75. The second-order valence-electron chi connectivity index (χ2n) is 7.49. The van der Waals surface area contributed by atoms with Crippen LogP contribution in [0.4, 0.5) is 4.79 Å². The monoisotopic (exact) mass is 314 g/mol. The van der Waals surface area contributed by atoms with E-state index in [1.807, 2.05) is 25.7 Å². The van der Waals surface area contributed by atoms with Gasteiger partial charge in [0.25, 0.3) is 0 Å². The normalized spacial score (nSPS) is 23.7. The number of nitrogens with two attached hydrogens (primary N) is 1. The van der Waals surface area contributed by atoms with Gasteiger partial charge in [-0.2, -0.15) is 0 Å². The Hall–Kier alpha value is -1.81. The summed E-state index contributed by atoms with van der Waals surface area (Å²) < 4.78 is 5.58. The van der Waals surface area contributed by atoms with Gasteiger partial charge in [-0.3, -0.25) is 4.90 Å². The molecule has 1 aromatic rings. The molecule has 2 aliphatic heterocycles. The van der Waals surface area contributed by atoms with Crippen LogP contribution in [0.1, 0.15) is 51.2 Å². The topological polar surface area (TPSA) is 55.6 Å². The van der Waals surface area contributed by atoms with Crippen molar-refractivity contribution >= 4 is 11.7 Å². The maximum absolute atomic E-state index is 12.5. The number of benzene rings is 1. The van der Waals surface area contributed by atoms with Crippen molar-refractivity contribution < 1.29 is 9.53 Å². The van der Waals surface area contributed by atoms with Crippen LogP contribution in [-0.4, -0.2) is 28.7 Å². The second-order valence-corrected chi connectivity index (χ2v) is 7.49. The fourth-order valence-electron chi connectivity index (χ4n) is 3.54. The molecule has 124 valence electrons. The summed E-state index contributed by atoms with van der Waals surface area (Å²) >= 11 is 0. The zero-order valence-electron chi connectivity index (χ0n) is 14.2. The Morgan fingerprint density at radius 2 is 2.13 bits per heavy atom. The molecule has 2 aliphatic rings. The van der Waals surface area contributed by atoms with Crippen LogP contribution in [-0.2, 0) is 11.3 Å². The van der Waals surface area contributed by atoms with Crippen molar-refractivity contribution in [1.29, 1.82) is 0 Å². The summed E-state index contributed by atoms with van der Waals surface area (Å²) in [5.74, 6) is 0. The second kappa shape index (κ2) is 6.00. The van der Waals surface area contributed by atoms with Gasteiger partial charge in [-0.15, -0.1) is 0 Å². The highest BCUT2D eigenvalue weighted by Gasteiger charge is 2.41. The number of ether oxygens (including phenoxy) is 1. The van der Waals surface area contributed by atoms with Crippen molar-refractivity contribution in [2.24, 2.45) is 5.73 Å². The number of rotatable bonds is 2. The minimum absolute atomic E-state index is 0.153. The molecule has 0 radical (unpaired) electrons. The molecular weight excluding hydrogens is 288 g/mol. The molecule has 23 heavy (non-hydrogen) atoms. The van der Waals surface area contributed by atoms with Crippen molar-refractivity contribution in [3.63, 3.8) is 0 Å². The van der Waals surface area contributed by atoms with Crippen LogP contribution < -0.4 is 5.73 Å². The Kier molecular flexibility index (Phi) is 4.19. The lowest BCUT2D eigenvalue weighted by molar-refractivity contribution is 0.0175. The standard InChI is InChI=1S/C19H26N2O2/c1-19(2,3)23-18(22)21-16-7-8-17(21)11-15(10-16)14-6-4-5-13(9-14)12-20/h4-6,9-10,16-17H,7-8,11-12,20H2,1-3H3. The zero-order chi connectivity index (χ0) is 16.6. The number of amides is 1. The van der Waals surface area contributed by atoms with Crippen LogP contribution >= 0.6 is 0 Å². The molecule has 0 aromatic heterocycles. The fourth-order valence-corrected chi connectivity index (χ4v) is 3.54. The van der Waals surface area contributed by atoms with Gasteiger partial charge in [0.15, 0.2) is 0 Å². The van der Waals surface area contributed by atoms with Gasteiger partial charge in [0.1, 0.15) is 5.60 Å². The van der Waals surface area contributed by atoms with Crippen molar-refractivity contribution in [1.82, 2.24) is 4.90 Å². The van der Waals surface area contributed by atoms with Gasteiger partial charge in [0, 0.05) is 12.6 Å². The molecule has 4 heteroatoms. The van der Waals surface area contributed by atoms with Crippen LogP contribution in [0.2, 0.25) is 0 Å². The summed E-state index contributed by atoms with van der Waals surface area (Å²) in [6, 6.07) is 8.80. The number of carbonyl (C=O) groups excluding carboxylic acids is 1. The van der Waals surface area contributed by atoms with E-state index in [2.05, 4.69) is 30.3 Å². The lowest BCUT2D eigenvalue weighted by Crippen LogP contribution is -2.45. The third-order valence-corrected chi connectivity index (χ3v) is 4.53. The summed E-state index contributed by atoms with van der Waals surface area (Å²) in [6.07, 6.45) is 5.01. The van der Waals surface area contributed by atoms with E-state index in [0.717, 1.165) is 24.8 Å². The molecule has 3 rings (SSSR count). The molecule has 2 bridgehead atoms. The minimum Gasteiger partial charge on any atom is -0.444 e. The third-order valence-electron chi connectivity index (χ3n) is 4.53. The molecular formula is C19H26N2O2. The van der Waals surface area contributed by atoms with Gasteiger partial charge in [-0.25, -0.2) is 4.79 Å². The molecule has 0 aliphatic carbocycles. The van der Waals surface area contributed by atoms with E-state index in [1.165, 1.54) is 11.1 Å². The van der Waals surface area contributed by atoms with E-state index in [4.69, 9.17) is 10.5 Å². The highest BCUT2D eigenvalue weighted by atomic mass is 16.6. The van der Waals surface area contributed by atoms with E-state index in [9.17, 15) is 4.79 Å². The van der Waals surface area contributed by atoms with Crippen molar-refractivity contribution in [3.8, 4) is 0 Å². The van der Waals surface area contributed by atoms with E-state index in [0.29, 0.717) is 6.54 Å². The molecule has 1 saturated heterocycles. The smallest absolute Gasteiger partial charge is 0.411 e. The van der Waals surface area contributed by atoms with Gasteiger partial charge in [-0.1, -0.05) is 30.3 Å². The Balaban J connectivity index is 1.81.